The lowest BCUT2D eigenvalue weighted by atomic mass is 9.92. The summed E-state index contributed by atoms with van der Waals surface area (Å²) in [6, 6.07) is 4.16. The zero-order valence-corrected chi connectivity index (χ0v) is 16.7. The maximum Gasteiger partial charge on any atom is 0.227 e. The van der Waals surface area contributed by atoms with Crippen LogP contribution in [0, 0.1) is 5.92 Å². The van der Waals surface area contributed by atoms with E-state index < -0.39 is 0 Å². The van der Waals surface area contributed by atoms with Crippen LogP contribution in [0.25, 0.3) is 10.2 Å². The molecule has 28 heavy (non-hydrogen) atoms. The number of hydrogen-bond donors (Lipinski definition) is 3. The second-order valence-corrected chi connectivity index (χ2v) is 8.83. The number of nitrogens with zero attached hydrogens (tertiary/aromatic N) is 4. The van der Waals surface area contributed by atoms with Crippen LogP contribution in [0.2, 0.25) is 0 Å². The highest BCUT2D eigenvalue weighted by Gasteiger charge is 2.26. The zero-order valence-electron chi connectivity index (χ0n) is 15.9. The Hall–Kier alpha value is -2.19. The predicted molar refractivity (Wildman–Crippen MR) is 113 cm³/mol. The average Bonchev–Trinajstić information content (AvgIpc) is 3.27. The van der Waals surface area contributed by atoms with Crippen LogP contribution in [-0.4, -0.2) is 45.0 Å². The van der Waals surface area contributed by atoms with Gasteiger partial charge in [-0.3, -0.25) is 5.10 Å². The van der Waals surface area contributed by atoms with Gasteiger partial charge in [-0.1, -0.05) is 0 Å². The fourth-order valence-corrected chi connectivity index (χ4v) is 4.78. The Balaban J connectivity index is 1.35. The first-order valence-electron chi connectivity index (χ1n) is 10.2. The molecule has 1 saturated heterocycles. The molecule has 0 spiro atoms. The smallest absolute Gasteiger partial charge is 0.227 e. The molecule has 3 aromatic heterocycles. The van der Waals surface area contributed by atoms with Crippen molar-refractivity contribution in [2.24, 2.45) is 5.92 Å². The van der Waals surface area contributed by atoms with Crippen LogP contribution in [0.5, 0.6) is 0 Å². The van der Waals surface area contributed by atoms with E-state index in [4.69, 9.17) is 15.1 Å². The van der Waals surface area contributed by atoms with Crippen LogP contribution in [0.1, 0.15) is 50.1 Å². The lowest BCUT2D eigenvalue weighted by Gasteiger charge is -2.32. The fraction of sp³-hybridized carbons (Fsp3) is 0.550. The third kappa shape index (κ3) is 3.71. The molecule has 7 nitrogen and oxygen atoms in total. The van der Waals surface area contributed by atoms with E-state index >= 15 is 0 Å². The molecule has 8 heteroatoms. The van der Waals surface area contributed by atoms with Gasteiger partial charge < -0.3 is 15.3 Å². The largest absolute Gasteiger partial charge is 0.396 e. The van der Waals surface area contributed by atoms with E-state index in [1.807, 2.05) is 0 Å². The number of rotatable bonds is 7. The first-order chi connectivity index (χ1) is 13.8. The summed E-state index contributed by atoms with van der Waals surface area (Å²) in [6.07, 6.45) is 6.80. The summed E-state index contributed by atoms with van der Waals surface area (Å²) < 4.78 is 1.07. The summed E-state index contributed by atoms with van der Waals surface area (Å²) >= 11 is 1.66. The van der Waals surface area contributed by atoms with Gasteiger partial charge in [-0.15, -0.1) is 11.3 Å². The molecule has 0 bridgehead atoms. The molecule has 0 atom stereocenters. The monoisotopic (exact) mass is 398 g/mol. The Labute approximate surface area is 168 Å². The van der Waals surface area contributed by atoms with Gasteiger partial charge in [-0.2, -0.15) is 10.1 Å². The summed E-state index contributed by atoms with van der Waals surface area (Å²) in [5, 5.41) is 22.1. The normalized spacial score (nSPS) is 18.1. The number of aliphatic hydroxyl groups is 1. The van der Waals surface area contributed by atoms with E-state index in [1.54, 1.807) is 11.3 Å². The maximum absolute atomic E-state index is 9.05. The number of H-pyrrole nitrogens is 1. The quantitative estimate of drug-likeness (QED) is 0.557. The average molecular weight is 399 g/mol. The number of hydrogen-bond acceptors (Lipinski definition) is 7. The van der Waals surface area contributed by atoms with Gasteiger partial charge in [-0.05, 0) is 55.9 Å². The highest BCUT2D eigenvalue weighted by molar-refractivity contribution is 7.17. The second-order valence-electron chi connectivity index (χ2n) is 7.91. The molecule has 1 saturated carbocycles. The Kier molecular flexibility index (Phi) is 4.90. The van der Waals surface area contributed by atoms with Crippen molar-refractivity contribution in [2.75, 3.05) is 29.9 Å². The lowest BCUT2D eigenvalue weighted by molar-refractivity contribution is 0.261. The van der Waals surface area contributed by atoms with Gasteiger partial charge in [0.05, 0.1) is 10.2 Å². The van der Waals surface area contributed by atoms with Crippen molar-refractivity contribution in [1.29, 1.82) is 0 Å². The molecule has 4 heterocycles. The molecule has 2 aliphatic rings. The van der Waals surface area contributed by atoms with Gasteiger partial charge in [0, 0.05) is 37.4 Å². The molecule has 0 unspecified atom stereocenters. The van der Waals surface area contributed by atoms with E-state index in [0.29, 0.717) is 18.4 Å². The number of fused-ring (bicyclic) bond motifs is 1. The molecule has 0 aromatic carbocycles. The van der Waals surface area contributed by atoms with Crippen LogP contribution in [-0.2, 0) is 0 Å². The Morgan fingerprint density at radius 2 is 2.07 bits per heavy atom. The van der Waals surface area contributed by atoms with Gasteiger partial charge >= 0.3 is 0 Å². The Morgan fingerprint density at radius 1 is 1.21 bits per heavy atom. The summed E-state index contributed by atoms with van der Waals surface area (Å²) in [4.78, 5) is 12.0. The van der Waals surface area contributed by atoms with Gasteiger partial charge in [0.2, 0.25) is 5.95 Å². The standard InChI is InChI=1S/C20H26N6OS/c27-10-1-2-13-5-8-26(9-6-13)20-21-15-7-11-28-18(15)19(23-20)22-17-12-16(24-25-17)14-3-4-14/h7,11-14,27H,1-6,8-10H2,(H2,21,22,23,24,25). The molecule has 1 aliphatic carbocycles. The number of thiophene rings is 1. The van der Waals surface area contributed by atoms with Crippen LogP contribution in [0.15, 0.2) is 17.5 Å². The molecule has 148 valence electrons. The molecule has 0 amide bonds. The lowest BCUT2D eigenvalue weighted by Crippen LogP contribution is -2.35. The van der Waals surface area contributed by atoms with Gasteiger partial charge in [0.15, 0.2) is 11.6 Å². The van der Waals surface area contributed by atoms with Crippen molar-refractivity contribution >= 4 is 39.1 Å². The highest BCUT2D eigenvalue weighted by atomic mass is 32.1. The van der Waals surface area contributed by atoms with Gasteiger partial charge in [0.1, 0.15) is 0 Å². The molecule has 2 fully saturated rings. The minimum absolute atomic E-state index is 0.294. The molecule has 3 aromatic rings. The fourth-order valence-electron chi connectivity index (χ4n) is 4.00. The van der Waals surface area contributed by atoms with E-state index in [9.17, 15) is 0 Å². The SMILES string of the molecule is OCCCC1CCN(c2nc(Nc3cc(C4CC4)[nH]n3)c3sccc3n2)CC1. The Bertz CT molecular complexity index is 941. The van der Waals surface area contributed by atoms with Crippen molar-refractivity contribution in [3.63, 3.8) is 0 Å². The third-order valence-corrected chi connectivity index (χ3v) is 6.73. The number of aliphatic hydroxyl groups excluding tert-OH is 1. The van der Waals surface area contributed by atoms with E-state index in [2.05, 4.69) is 37.9 Å². The topological polar surface area (TPSA) is 90.0 Å². The molecular formula is C20H26N6OS. The number of piperidine rings is 1. The molecule has 1 aliphatic heterocycles. The van der Waals surface area contributed by atoms with Crippen LogP contribution in [0.4, 0.5) is 17.6 Å². The minimum atomic E-state index is 0.294. The highest BCUT2D eigenvalue weighted by Crippen LogP contribution is 2.40. The van der Waals surface area contributed by atoms with Crippen LogP contribution in [0.3, 0.4) is 0 Å². The van der Waals surface area contributed by atoms with Crippen molar-refractivity contribution in [2.45, 2.75) is 44.4 Å². The van der Waals surface area contributed by atoms with Crippen LogP contribution < -0.4 is 10.2 Å². The first-order valence-corrected chi connectivity index (χ1v) is 11.1. The van der Waals surface area contributed by atoms with Crippen molar-refractivity contribution in [3.05, 3.63) is 23.2 Å². The van der Waals surface area contributed by atoms with Crippen molar-refractivity contribution < 1.29 is 5.11 Å². The number of nitrogens with one attached hydrogen (secondary N) is 2. The molecular weight excluding hydrogens is 372 g/mol. The second kappa shape index (κ2) is 7.67. The third-order valence-electron chi connectivity index (χ3n) is 5.82. The summed E-state index contributed by atoms with van der Waals surface area (Å²) in [5.74, 6) is 3.82. The van der Waals surface area contributed by atoms with Crippen molar-refractivity contribution in [3.8, 4) is 0 Å². The molecule has 5 rings (SSSR count). The number of anilines is 3. The van der Waals surface area contributed by atoms with E-state index in [1.165, 1.54) is 18.5 Å². The summed E-state index contributed by atoms with van der Waals surface area (Å²) in [6.45, 7) is 2.24. The van der Waals surface area contributed by atoms with Gasteiger partial charge in [-0.25, -0.2) is 4.98 Å². The summed E-state index contributed by atoms with van der Waals surface area (Å²) in [5.41, 5.74) is 2.20. The number of aromatic nitrogens is 4. The Morgan fingerprint density at radius 3 is 2.86 bits per heavy atom. The van der Waals surface area contributed by atoms with Gasteiger partial charge in [0.25, 0.3) is 0 Å². The molecule has 3 N–H and O–H groups in total. The van der Waals surface area contributed by atoms with Crippen LogP contribution >= 0.6 is 11.3 Å². The van der Waals surface area contributed by atoms with E-state index in [0.717, 1.165) is 66.6 Å². The zero-order chi connectivity index (χ0) is 18.9. The predicted octanol–water partition coefficient (Wildman–Crippen LogP) is 4.02. The first kappa shape index (κ1) is 17.9. The summed E-state index contributed by atoms with van der Waals surface area (Å²) in [7, 11) is 0. The van der Waals surface area contributed by atoms with Crippen molar-refractivity contribution in [1.82, 2.24) is 20.2 Å². The number of aromatic amines is 1. The minimum Gasteiger partial charge on any atom is -0.396 e. The van der Waals surface area contributed by atoms with E-state index in [-0.39, 0.29) is 0 Å². The maximum atomic E-state index is 9.05. The molecule has 0 radical (unpaired) electrons.